The standard InChI is InChI=1S/C9H16N2O2S/c1-11-4-2-3-9(6-11)10-7(5-14-9)8(12)13/h7,10H,2-6H2,1H3,(H,12,13)/t7-,9?/m1/s1. The minimum atomic E-state index is -0.720. The third-order valence-corrected chi connectivity index (χ3v) is 4.41. The van der Waals surface area contributed by atoms with Gasteiger partial charge in [-0.2, -0.15) is 0 Å². The molecule has 0 aromatic heterocycles. The molecule has 1 unspecified atom stereocenters. The highest BCUT2D eigenvalue weighted by molar-refractivity contribution is 8.01. The molecule has 0 bridgehead atoms. The number of nitrogens with zero attached hydrogens (tertiary/aromatic N) is 1. The summed E-state index contributed by atoms with van der Waals surface area (Å²) in [6, 6.07) is -0.355. The number of nitrogens with one attached hydrogen (secondary N) is 1. The van der Waals surface area contributed by atoms with E-state index in [9.17, 15) is 4.79 Å². The summed E-state index contributed by atoms with van der Waals surface area (Å²) in [5, 5.41) is 12.2. The van der Waals surface area contributed by atoms with E-state index < -0.39 is 5.97 Å². The molecule has 0 aromatic carbocycles. The molecule has 2 fully saturated rings. The molecule has 2 atom stereocenters. The fourth-order valence-corrected chi connectivity index (χ4v) is 3.78. The molecule has 2 saturated heterocycles. The molecule has 2 heterocycles. The van der Waals surface area contributed by atoms with Crippen LogP contribution in [0.3, 0.4) is 0 Å². The predicted octanol–water partition coefficient (Wildman–Crippen LogP) is 0.198. The molecule has 4 nitrogen and oxygen atoms in total. The molecule has 1 spiro atoms. The van der Waals surface area contributed by atoms with Crippen LogP contribution in [0, 0.1) is 0 Å². The van der Waals surface area contributed by atoms with Gasteiger partial charge in [0.05, 0.1) is 4.87 Å². The first-order valence-electron chi connectivity index (χ1n) is 4.94. The molecule has 0 saturated carbocycles. The van der Waals surface area contributed by atoms with Crippen molar-refractivity contribution in [3.63, 3.8) is 0 Å². The summed E-state index contributed by atoms with van der Waals surface area (Å²) in [4.78, 5) is 13.1. The second-order valence-corrected chi connectivity index (χ2v) is 5.59. The fourth-order valence-electron chi connectivity index (χ4n) is 2.24. The Morgan fingerprint density at radius 3 is 3.07 bits per heavy atom. The van der Waals surface area contributed by atoms with Gasteiger partial charge in [0.2, 0.25) is 0 Å². The fraction of sp³-hybridized carbons (Fsp3) is 0.889. The summed E-state index contributed by atoms with van der Waals surface area (Å²) >= 11 is 1.77. The maximum Gasteiger partial charge on any atom is 0.321 e. The second-order valence-electron chi connectivity index (χ2n) is 4.18. The summed E-state index contributed by atoms with van der Waals surface area (Å²) in [6.45, 7) is 2.09. The summed E-state index contributed by atoms with van der Waals surface area (Å²) in [7, 11) is 2.09. The number of carboxylic acid groups (broad SMARTS) is 1. The number of thioether (sulfide) groups is 1. The van der Waals surface area contributed by atoms with Crippen LogP contribution in [-0.4, -0.2) is 52.8 Å². The molecular weight excluding hydrogens is 200 g/mol. The molecule has 2 aliphatic rings. The third kappa shape index (κ3) is 1.89. The highest BCUT2D eigenvalue weighted by Crippen LogP contribution is 2.37. The van der Waals surface area contributed by atoms with Crippen molar-refractivity contribution in [3.05, 3.63) is 0 Å². The van der Waals surface area contributed by atoms with Crippen molar-refractivity contribution in [3.8, 4) is 0 Å². The Hall–Kier alpha value is -0.260. The smallest absolute Gasteiger partial charge is 0.321 e. The lowest BCUT2D eigenvalue weighted by atomic mass is 10.0. The van der Waals surface area contributed by atoms with Gasteiger partial charge in [0.25, 0.3) is 0 Å². The Balaban J connectivity index is 2.01. The number of carbonyl (C=O) groups is 1. The monoisotopic (exact) mass is 216 g/mol. The van der Waals surface area contributed by atoms with E-state index in [4.69, 9.17) is 5.11 Å². The maximum absolute atomic E-state index is 10.8. The van der Waals surface area contributed by atoms with Gasteiger partial charge in [0.15, 0.2) is 0 Å². The molecule has 0 radical (unpaired) electrons. The van der Waals surface area contributed by atoms with Crippen LogP contribution >= 0.6 is 11.8 Å². The largest absolute Gasteiger partial charge is 0.480 e. The van der Waals surface area contributed by atoms with Crippen molar-refractivity contribution in [1.29, 1.82) is 0 Å². The molecule has 80 valence electrons. The van der Waals surface area contributed by atoms with E-state index >= 15 is 0 Å². The van der Waals surface area contributed by atoms with Crippen LogP contribution in [0.1, 0.15) is 12.8 Å². The Morgan fingerprint density at radius 1 is 1.71 bits per heavy atom. The molecule has 0 amide bonds. The summed E-state index contributed by atoms with van der Waals surface area (Å²) in [5.41, 5.74) is 0. The Morgan fingerprint density at radius 2 is 2.50 bits per heavy atom. The average Bonchev–Trinajstić information content (AvgIpc) is 2.49. The van der Waals surface area contributed by atoms with Crippen molar-refractivity contribution in [2.75, 3.05) is 25.9 Å². The number of carboxylic acids is 1. The highest BCUT2D eigenvalue weighted by atomic mass is 32.2. The van der Waals surface area contributed by atoms with E-state index in [1.165, 1.54) is 0 Å². The quantitative estimate of drug-likeness (QED) is 0.656. The van der Waals surface area contributed by atoms with Gasteiger partial charge in [-0.05, 0) is 26.4 Å². The lowest BCUT2D eigenvalue weighted by Gasteiger charge is -2.38. The van der Waals surface area contributed by atoms with Crippen molar-refractivity contribution >= 4 is 17.7 Å². The van der Waals surface area contributed by atoms with Crippen LogP contribution in [0.5, 0.6) is 0 Å². The molecule has 5 heteroatoms. The molecule has 0 aromatic rings. The zero-order valence-corrected chi connectivity index (χ0v) is 9.14. The molecule has 14 heavy (non-hydrogen) atoms. The van der Waals surface area contributed by atoms with Crippen LogP contribution in [-0.2, 0) is 4.79 Å². The first-order chi connectivity index (χ1) is 6.61. The van der Waals surface area contributed by atoms with Crippen LogP contribution in [0.15, 0.2) is 0 Å². The Kier molecular flexibility index (Phi) is 2.72. The maximum atomic E-state index is 10.8. The van der Waals surface area contributed by atoms with Gasteiger partial charge >= 0.3 is 5.97 Å². The Labute approximate surface area is 88.0 Å². The van der Waals surface area contributed by atoms with E-state index in [-0.39, 0.29) is 10.9 Å². The molecule has 2 N–H and O–H groups in total. The van der Waals surface area contributed by atoms with Gasteiger partial charge < -0.3 is 10.0 Å². The van der Waals surface area contributed by atoms with E-state index in [1.54, 1.807) is 11.8 Å². The van der Waals surface area contributed by atoms with Gasteiger partial charge in [-0.1, -0.05) is 0 Å². The van der Waals surface area contributed by atoms with E-state index in [0.717, 1.165) is 25.9 Å². The zero-order valence-electron chi connectivity index (χ0n) is 8.32. The number of likely N-dealkylation sites (tertiary alicyclic amines) is 1. The van der Waals surface area contributed by atoms with Crippen LogP contribution in [0.4, 0.5) is 0 Å². The topological polar surface area (TPSA) is 52.6 Å². The first-order valence-corrected chi connectivity index (χ1v) is 5.93. The molecule has 0 aliphatic carbocycles. The number of hydrogen-bond donors (Lipinski definition) is 2. The van der Waals surface area contributed by atoms with E-state index in [0.29, 0.717) is 5.75 Å². The van der Waals surface area contributed by atoms with Crippen LogP contribution in [0.25, 0.3) is 0 Å². The van der Waals surface area contributed by atoms with Gasteiger partial charge in [-0.15, -0.1) is 11.8 Å². The third-order valence-electron chi connectivity index (χ3n) is 2.91. The summed E-state index contributed by atoms with van der Waals surface area (Å²) < 4.78 is 0. The van der Waals surface area contributed by atoms with Crippen molar-refractivity contribution < 1.29 is 9.90 Å². The summed E-state index contributed by atoms with van der Waals surface area (Å²) in [5.74, 6) is -0.0222. The highest BCUT2D eigenvalue weighted by Gasteiger charge is 2.43. The minimum Gasteiger partial charge on any atom is -0.480 e. The number of likely N-dealkylation sites (N-methyl/N-ethyl adjacent to an activating group) is 1. The summed E-state index contributed by atoms with van der Waals surface area (Å²) in [6.07, 6.45) is 2.24. The second kappa shape index (κ2) is 3.72. The normalized spacial score (nSPS) is 39.1. The minimum absolute atomic E-state index is 0.00998. The lowest BCUT2D eigenvalue weighted by molar-refractivity contribution is -0.139. The lowest BCUT2D eigenvalue weighted by Crippen LogP contribution is -2.54. The van der Waals surface area contributed by atoms with E-state index in [1.807, 2.05) is 0 Å². The zero-order chi connectivity index (χ0) is 10.2. The van der Waals surface area contributed by atoms with E-state index in [2.05, 4.69) is 17.3 Å². The van der Waals surface area contributed by atoms with Crippen molar-refractivity contribution in [2.45, 2.75) is 23.8 Å². The number of aliphatic carboxylic acids is 1. The molecular formula is C9H16N2O2S. The van der Waals surface area contributed by atoms with Gasteiger partial charge in [-0.25, -0.2) is 0 Å². The number of piperidine rings is 1. The SMILES string of the molecule is CN1CCCC2(C1)N[C@@H](C(=O)O)CS2. The number of rotatable bonds is 1. The average molecular weight is 216 g/mol. The Bertz CT molecular complexity index is 249. The van der Waals surface area contributed by atoms with Crippen LogP contribution < -0.4 is 5.32 Å². The predicted molar refractivity (Wildman–Crippen MR) is 56.5 cm³/mol. The van der Waals surface area contributed by atoms with Crippen molar-refractivity contribution in [1.82, 2.24) is 10.2 Å². The van der Waals surface area contributed by atoms with Gasteiger partial charge in [-0.3, -0.25) is 10.1 Å². The molecule has 2 rings (SSSR count). The van der Waals surface area contributed by atoms with Crippen LogP contribution in [0.2, 0.25) is 0 Å². The van der Waals surface area contributed by atoms with Gasteiger partial charge in [0.1, 0.15) is 6.04 Å². The first kappa shape index (κ1) is 10.3. The van der Waals surface area contributed by atoms with Gasteiger partial charge in [0, 0.05) is 12.3 Å². The molecule has 2 aliphatic heterocycles. The number of hydrogen-bond acceptors (Lipinski definition) is 4. The van der Waals surface area contributed by atoms with Crippen molar-refractivity contribution in [2.24, 2.45) is 0 Å².